The molecule has 0 unspecified atom stereocenters. The van der Waals surface area contributed by atoms with Gasteiger partial charge in [-0.05, 0) is 23.3 Å². The summed E-state index contributed by atoms with van der Waals surface area (Å²) in [4.78, 5) is 34.3. The highest BCUT2D eigenvalue weighted by molar-refractivity contribution is 5.95. The Bertz CT molecular complexity index is 727. The molecule has 3 amide bonds. The molecule has 0 bridgehead atoms. The van der Waals surface area contributed by atoms with Gasteiger partial charge >= 0.3 is 12.0 Å². The van der Waals surface area contributed by atoms with Gasteiger partial charge in [0.25, 0.3) is 5.91 Å². The molecule has 2 rings (SSSR count). The largest absolute Gasteiger partial charge is 0.455 e. The molecule has 120 valence electrons. The van der Waals surface area contributed by atoms with E-state index in [1.165, 1.54) is 0 Å². The molecule has 0 aliphatic carbocycles. The first-order chi connectivity index (χ1) is 11.1. The van der Waals surface area contributed by atoms with Crippen LogP contribution >= 0.6 is 0 Å². The van der Waals surface area contributed by atoms with Crippen LogP contribution in [0.15, 0.2) is 42.5 Å². The summed E-state index contributed by atoms with van der Waals surface area (Å²) in [6.45, 7) is 1.65. The SMILES string of the molecule is CCNC(=O)NC(=O)COC(=O)Cc1ccc2ccccc2c1. The van der Waals surface area contributed by atoms with Gasteiger partial charge in [-0.25, -0.2) is 4.79 Å². The third kappa shape index (κ3) is 5.10. The van der Waals surface area contributed by atoms with Crippen LogP contribution in [0.5, 0.6) is 0 Å². The second-order valence-electron chi connectivity index (χ2n) is 4.93. The molecule has 0 atom stereocenters. The summed E-state index contributed by atoms with van der Waals surface area (Å²) in [5.41, 5.74) is 0.804. The van der Waals surface area contributed by atoms with E-state index in [9.17, 15) is 14.4 Å². The minimum atomic E-state index is -0.664. The molecular weight excluding hydrogens is 296 g/mol. The van der Waals surface area contributed by atoms with Crippen LogP contribution in [0.2, 0.25) is 0 Å². The molecule has 0 aliphatic rings. The number of imide groups is 1. The molecule has 2 aromatic rings. The van der Waals surface area contributed by atoms with Crippen LogP contribution in [-0.2, 0) is 20.7 Å². The van der Waals surface area contributed by atoms with Gasteiger partial charge in [0, 0.05) is 6.54 Å². The van der Waals surface area contributed by atoms with Crippen molar-refractivity contribution < 1.29 is 19.1 Å². The normalized spacial score (nSPS) is 10.1. The number of amides is 3. The fourth-order valence-electron chi connectivity index (χ4n) is 2.08. The van der Waals surface area contributed by atoms with Gasteiger partial charge in [0.15, 0.2) is 6.61 Å². The summed E-state index contributed by atoms with van der Waals surface area (Å²) in [5.74, 6) is -1.19. The Hall–Kier alpha value is -2.89. The molecule has 0 aliphatic heterocycles. The third-order valence-electron chi connectivity index (χ3n) is 3.12. The summed E-state index contributed by atoms with van der Waals surface area (Å²) in [6, 6.07) is 12.9. The van der Waals surface area contributed by atoms with Crippen molar-refractivity contribution >= 4 is 28.7 Å². The van der Waals surface area contributed by atoms with Crippen LogP contribution in [0, 0.1) is 0 Å². The molecule has 6 nitrogen and oxygen atoms in total. The number of rotatable bonds is 5. The number of urea groups is 1. The van der Waals surface area contributed by atoms with E-state index in [2.05, 4.69) is 10.6 Å². The number of hydrogen-bond acceptors (Lipinski definition) is 4. The van der Waals surface area contributed by atoms with Gasteiger partial charge in [-0.15, -0.1) is 0 Å². The molecule has 2 aromatic carbocycles. The van der Waals surface area contributed by atoms with E-state index >= 15 is 0 Å². The lowest BCUT2D eigenvalue weighted by Gasteiger charge is -2.07. The molecule has 0 radical (unpaired) electrons. The van der Waals surface area contributed by atoms with Gasteiger partial charge in [0.1, 0.15) is 0 Å². The van der Waals surface area contributed by atoms with Crippen molar-refractivity contribution in [2.24, 2.45) is 0 Å². The highest BCUT2D eigenvalue weighted by Crippen LogP contribution is 2.16. The fourth-order valence-corrected chi connectivity index (χ4v) is 2.08. The molecule has 0 heterocycles. The number of ether oxygens (including phenoxy) is 1. The first-order valence-corrected chi connectivity index (χ1v) is 7.29. The summed E-state index contributed by atoms with van der Waals surface area (Å²) in [7, 11) is 0. The highest BCUT2D eigenvalue weighted by Gasteiger charge is 2.11. The summed E-state index contributed by atoms with van der Waals surface area (Å²) in [6.07, 6.45) is 0.0687. The van der Waals surface area contributed by atoms with Gasteiger partial charge in [-0.3, -0.25) is 14.9 Å². The molecule has 0 spiro atoms. The van der Waals surface area contributed by atoms with Crippen LogP contribution in [0.3, 0.4) is 0 Å². The first-order valence-electron chi connectivity index (χ1n) is 7.29. The van der Waals surface area contributed by atoms with Gasteiger partial charge in [0.2, 0.25) is 0 Å². The monoisotopic (exact) mass is 314 g/mol. The zero-order chi connectivity index (χ0) is 16.7. The maximum absolute atomic E-state index is 11.8. The standard InChI is InChI=1S/C17H18N2O4/c1-2-18-17(22)19-15(20)11-23-16(21)10-12-7-8-13-5-3-4-6-14(13)9-12/h3-9H,2,10-11H2,1H3,(H2,18,19,20,22). The van der Waals surface area contributed by atoms with E-state index in [0.29, 0.717) is 6.54 Å². The molecule has 23 heavy (non-hydrogen) atoms. The van der Waals surface area contributed by atoms with Crippen molar-refractivity contribution in [1.29, 1.82) is 0 Å². The van der Waals surface area contributed by atoms with E-state index in [4.69, 9.17) is 4.74 Å². The van der Waals surface area contributed by atoms with Crippen molar-refractivity contribution in [1.82, 2.24) is 10.6 Å². The zero-order valence-corrected chi connectivity index (χ0v) is 12.8. The Kier molecular flexibility index (Phi) is 5.68. The number of nitrogens with one attached hydrogen (secondary N) is 2. The minimum Gasteiger partial charge on any atom is -0.455 e. The van der Waals surface area contributed by atoms with Gasteiger partial charge in [-0.2, -0.15) is 0 Å². The molecule has 6 heteroatoms. The lowest BCUT2D eigenvalue weighted by molar-refractivity contribution is -0.147. The second-order valence-corrected chi connectivity index (χ2v) is 4.93. The molecule has 0 aromatic heterocycles. The fraction of sp³-hybridized carbons (Fsp3) is 0.235. The van der Waals surface area contributed by atoms with Gasteiger partial charge < -0.3 is 10.1 Å². The van der Waals surface area contributed by atoms with Gasteiger partial charge in [0.05, 0.1) is 6.42 Å². The molecule has 0 saturated carbocycles. The topological polar surface area (TPSA) is 84.5 Å². The Labute approximate surface area is 133 Å². The lowest BCUT2D eigenvalue weighted by Crippen LogP contribution is -2.41. The number of benzene rings is 2. The van der Waals surface area contributed by atoms with Crippen molar-refractivity contribution in [3.8, 4) is 0 Å². The van der Waals surface area contributed by atoms with Crippen molar-refractivity contribution in [3.63, 3.8) is 0 Å². The smallest absolute Gasteiger partial charge is 0.321 e. The van der Waals surface area contributed by atoms with Crippen LogP contribution in [0.25, 0.3) is 10.8 Å². The van der Waals surface area contributed by atoms with Crippen LogP contribution < -0.4 is 10.6 Å². The molecular formula is C17H18N2O4. The third-order valence-corrected chi connectivity index (χ3v) is 3.12. The zero-order valence-electron chi connectivity index (χ0n) is 12.8. The van der Waals surface area contributed by atoms with Crippen LogP contribution in [0.1, 0.15) is 12.5 Å². The minimum absolute atomic E-state index is 0.0687. The average Bonchev–Trinajstić information content (AvgIpc) is 2.53. The maximum Gasteiger partial charge on any atom is 0.321 e. The number of esters is 1. The van der Waals surface area contributed by atoms with E-state index in [1.54, 1.807) is 6.92 Å². The second kappa shape index (κ2) is 7.93. The van der Waals surface area contributed by atoms with E-state index < -0.39 is 24.5 Å². The van der Waals surface area contributed by atoms with Crippen molar-refractivity contribution in [2.45, 2.75) is 13.3 Å². The quantitative estimate of drug-likeness (QED) is 0.824. The number of fused-ring (bicyclic) bond motifs is 1. The molecule has 0 fully saturated rings. The molecule has 2 N–H and O–H groups in total. The van der Waals surface area contributed by atoms with Gasteiger partial charge in [-0.1, -0.05) is 42.5 Å². The number of hydrogen-bond donors (Lipinski definition) is 2. The Balaban J connectivity index is 1.84. The number of carbonyl (C=O) groups excluding carboxylic acids is 3. The predicted molar refractivity (Wildman–Crippen MR) is 85.8 cm³/mol. The Morgan fingerprint density at radius 2 is 1.78 bits per heavy atom. The van der Waals surface area contributed by atoms with Crippen LogP contribution in [-0.4, -0.2) is 31.1 Å². The van der Waals surface area contributed by atoms with Crippen molar-refractivity contribution in [2.75, 3.05) is 13.2 Å². The van der Waals surface area contributed by atoms with E-state index in [1.807, 2.05) is 42.5 Å². The van der Waals surface area contributed by atoms with E-state index in [-0.39, 0.29) is 6.42 Å². The summed E-state index contributed by atoms with van der Waals surface area (Å²) >= 11 is 0. The number of carbonyl (C=O) groups is 3. The Morgan fingerprint density at radius 3 is 2.52 bits per heavy atom. The summed E-state index contributed by atoms with van der Waals surface area (Å²) in [5, 5.41) is 6.59. The first kappa shape index (κ1) is 16.5. The van der Waals surface area contributed by atoms with Crippen molar-refractivity contribution in [3.05, 3.63) is 48.0 Å². The Morgan fingerprint density at radius 1 is 1.04 bits per heavy atom. The maximum atomic E-state index is 11.8. The molecule has 0 saturated heterocycles. The van der Waals surface area contributed by atoms with E-state index in [0.717, 1.165) is 16.3 Å². The summed E-state index contributed by atoms with van der Waals surface area (Å²) < 4.78 is 4.87. The average molecular weight is 314 g/mol. The highest BCUT2D eigenvalue weighted by atomic mass is 16.5. The van der Waals surface area contributed by atoms with Crippen LogP contribution in [0.4, 0.5) is 4.79 Å². The lowest BCUT2D eigenvalue weighted by atomic mass is 10.1. The predicted octanol–water partition coefficient (Wildman–Crippen LogP) is 1.77.